The number of hydrogen-bond acceptors (Lipinski definition) is 5. The van der Waals surface area contributed by atoms with Crippen molar-refractivity contribution in [2.24, 2.45) is 0 Å². The number of ether oxygens (including phenoxy) is 3. The maximum Gasteiger partial charge on any atom is 0.119 e. The van der Waals surface area contributed by atoms with Crippen LogP contribution in [-0.4, -0.2) is 57.8 Å². The Hall–Kier alpha value is -0.660. The molecule has 0 radical (unpaired) electrons. The molecule has 1 rings (SSSR count). The Bertz CT molecular complexity index is 361. The predicted octanol–water partition coefficient (Wildman–Crippen LogP) is 1.83. The Kier molecular flexibility index (Phi) is 10.5. The molecule has 120 valence electrons. The summed E-state index contributed by atoms with van der Waals surface area (Å²) in [6.07, 6.45) is 0.382. The molecule has 0 heterocycles. The van der Waals surface area contributed by atoms with Crippen LogP contribution >= 0.6 is 15.9 Å². The predicted molar refractivity (Wildman–Crippen MR) is 85.8 cm³/mol. The zero-order valence-electron chi connectivity index (χ0n) is 12.4. The van der Waals surface area contributed by atoms with E-state index in [2.05, 4.69) is 21.2 Å². The molecule has 0 aliphatic rings. The zero-order valence-corrected chi connectivity index (χ0v) is 14.0. The maximum absolute atomic E-state index is 9.79. The van der Waals surface area contributed by atoms with E-state index in [-0.39, 0.29) is 6.61 Å². The van der Waals surface area contributed by atoms with Crippen LogP contribution in [-0.2, 0) is 9.47 Å². The third-order valence-electron chi connectivity index (χ3n) is 2.71. The Morgan fingerprint density at radius 3 is 2.67 bits per heavy atom. The first-order valence-corrected chi connectivity index (χ1v) is 7.85. The highest BCUT2D eigenvalue weighted by molar-refractivity contribution is 9.10. The van der Waals surface area contributed by atoms with Gasteiger partial charge in [0, 0.05) is 24.7 Å². The third kappa shape index (κ3) is 9.82. The highest BCUT2D eigenvalue weighted by Crippen LogP contribution is 2.16. The summed E-state index contributed by atoms with van der Waals surface area (Å²) in [6, 6.07) is 7.54. The average molecular weight is 362 g/mol. The Balaban J connectivity index is 1.96. The van der Waals surface area contributed by atoms with Crippen molar-refractivity contribution >= 4 is 15.9 Å². The standard InChI is InChI=1S/C15H24BrNO4/c1-19-9-10-20-8-2-7-17-11-14(18)12-21-15-5-3-13(16)4-6-15/h3-6,14,17-18H,2,7-12H2,1H3. The minimum Gasteiger partial charge on any atom is -0.491 e. The highest BCUT2D eigenvalue weighted by Gasteiger charge is 2.04. The fraction of sp³-hybridized carbons (Fsp3) is 0.600. The van der Waals surface area contributed by atoms with Crippen LogP contribution in [0, 0.1) is 0 Å². The molecule has 0 aliphatic carbocycles. The summed E-state index contributed by atoms with van der Waals surface area (Å²) in [4.78, 5) is 0. The lowest BCUT2D eigenvalue weighted by atomic mass is 10.3. The molecular weight excluding hydrogens is 338 g/mol. The fourth-order valence-electron chi connectivity index (χ4n) is 1.59. The van der Waals surface area contributed by atoms with Gasteiger partial charge in [-0.1, -0.05) is 15.9 Å². The summed E-state index contributed by atoms with van der Waals surface area (Å²) in [6.45, 7) is 3.54. The van der Waals surface area contributed by atoms with Crippen molar-refractivity contribution in [3.63, 3.8) is 0 Å². The van der Waals surface area contributed by atoms with Crippen molar-refractivity contribution < 1.29 is 19.3 Å². The number of halogens is 1. The van der Waals surface area contributed by atoms with Crippen LogP contribution in [0.5, 0.6) is 5.75 Å². The van der Waals surface area contributed by atoms with Crippen molar-refractivity contribution in [1.29, 1.82) is 0 Å². The summed E-state index contributed by atoms with van der Waals surface area (Å²) >= 11 is 3.36. The largest absolute Gasteiger partial charge is 0.491 e. The van der Waals surface area contributed by atoms with E-state index in [0.717, 1.165) is 23.2 Å². The normalized spacial score (nSPS) is 12.3. The van der Waals surface area contributed by atoms with E-state index >= 15 is 0 Å². The molecule has 6 heteroatoms. The molecule has 5 nitrogen and oxygen atoms in total. The number of rotatable bonds is 12. The first-order valence-electron chi connectivity index (χ1n) is 7.06. The average Bonchev–Trinajstić information content (AvgIpc) is 2.49. The quantitative estimate of drug-likeness (QED) is 0.556. The molecule has 0 fully saturated rings. The SMILES string of the molecule is COCCOCCCNCC(O)COc1ccc(Br)cc1. The second-order valence-electron chi connectivity index (χ2n) is 4.58. The van der Waals surface area contributed by atoms with Gasteiger partial charge in [0.1, 0.15) is 18.5 Å². The molecule has 21 heavy (non-hydrogen) atoms. The topological polar surface area (TPSA) is 60.0 Å². The van der Waals surface area contributed by atoms with Gasteiger partial charge in [-0.2, -0.15) is 0 Å². The molecule has 2 N–H and O–H groups in total. The smallest absolute Gasteiger partial charge is 0.119 e. The van der Waals surface area contributed by atoms with Gasteiger partial charge >= 0.3 is 0 Å². The van der Waals surface area contributed by atoms with E-state index < -0.39 is 6.10 Å². The van der Waals surface area contributed by atoms with Gasteiger partial charge in [0.05, 0.1) is 13.2 Å². The molecule has 1 atom stereocenters. The molecule has 0 saturated heterocycles. The molecule has 0 aromatic heterocycles. The Morgan fingerprint density at radius 1 is 1.19 bits per heavy atom. The summed E-state index contributed by atoms with van der Waals surface area (Å²) in [7, 11) is 1.66. The van der Waals surface area contributed by atoms with Crippen LogP contribution in [0.3, 0.4) is 0 Å². The molecule has 0 aliphatic heterocycles. The van der Waals surface area contributed by atoms with Crippen LogP contribution in [0.25, 0.3) is 0 Å². The minimum atomic E-state index is -0.525. The van der Waals surface area contributed by atoms with E-state index in [4.69, 9.17) is 14.2 Å². The van der Waals surface area contributed by atoms with Gasteiger partial charge in [-0.15, -0.1) is 0 Å². The van der Waals surface area contributed by atoms with E-state index in [1.54, 1.807) is 7.11 Å². The summed E-state index contributed by atoms with van der Waals surface area (Å²) in [5.41, 5.74) is 0. The molecule has 1 aromatic rings. The van der Waals surface area contributed by atoms with Crippen LogP contribution in [0.4, 0.5) is 0 Å². The van der Waals surface area contributed by atoms with Gasteiger partial charge in [-0.05, 0) is 37.2 Å². The molecule has 0 amide bonds. The van der Waals surface area contributed by atoms with Crippen molar-refractivity contribution in [2.75, 3.05) is 46.6 Å². The lowest BCUT2D eigenvalue weighted by molar-refractivity contribution is 0.0683. The number of methoxy groups -OCH3 is 1. The Morgan fingerprint density at radius 2 is 1.95 bits per heavy atom. The Labute approximate surface area is 134 Å². The number of benzene rings is 1. The number of aliphatic hydroxyl groups excluding tert-OH is 1. The highest BCUT2D eigenvalue weighted by atomic mass is 79.9. The first kappa shape index (κ1) is 18.4. The van der Waals surface area contributed by atoms with Crippen LogP contribution in [0.2, 0.25) is 0 Å². The lowest BCUT2D eigenvalue weighted by Gasteiger charge is -2.13. The molecule has 0 saturated carbocycles. The van der Waals surface area contributed by atoms with Gasteiger partial charge in [0.15, 0.2) is 0 Å². The number of aliphatic hydroxyl groups is 1. The van der Waals surface area contributed by atoms with Crippen LogP contribution < -0.4 is 10.1 Å². The summed E-state index contributed by atoms with van der Waals surface area (Å²) in [5.74, 6) is 0.754. The van der Waals surface area contributed by atoms with Crippen LogP contribution in [0.15, 0.2) is 28.7 Å². The fourth-order valence-corrected chi connectivity index (χ4v) is 1.86. The second kappa shape index (κ2) is 11.9. The van der Waals surface area contributed by atoms with Gasteiger partial charge < -0.3 is 24.6 Å². The third-order valence-corrected chi connectivity index (χ3v) is 3.24. The van der Waals surface area contributed by atoms with Crippen molar-refractivity contribution in [1.82, 2.24) is 5.32 Å². The van der Waals surface area contributed by atoms with Crippen molar-refractivity contribution in [3.8, 4) is 5.75 Å². The van der Waals surface area contributed by atoms with Crippen LogP contribution in [0.1, 0.15) is 6.42 Å². The van der Waals surface area contributed by atoms with Gasteiger partial charge in [-0.3, -0.25) is 0 Å². The molecule has 1 unspecified atom stereocenters. The lowest BCUT2D eigenvalue weighted by Crippen LogP contribution is -2.32. The van der Waals surface area contributed by atoms with E-state index in [0.29, 0.717) is 26.4 Å². The second-order valence-corrected chi connectivity index (χ2v) is 5.50. The molecule has 1 aromatic carbocycles. The number of nitrogens with one attached hydrogen (secondary N) is 1. The van der Waals surface area contributed by atoms with Gasteiger partial charge in [-0.25, -0.2) is 0 Å². The van der Waals surface area contributed by atoms with E-state index in [1.807, 2.05) is 24.3 Å². The number of hydrogen-bond donors (Lipinski definition) is 2. The van der Waals surface area contributed by atoms with Gasteiger partial charge in [0.25, 0.3) is 0 Å². The maximum atomic E-state index is 9.79. The van der Waals surface area contributed by atoms with E-state index in [9.17, 15) is 5.11 Å². The summed E-state index contributed by atoms with van der Waals surface area (Å²) < 4.78 is 16.7. The summed E-state index contributed by atoms with van der Waals surface area (Å²) in [5, 5.41) is 13.0. The van der Waals surface area contributed by atoms with Crippen molar-refractivity contribution in [2.45, 2.75) is 12.5 Å². The monoisotopic (exact) mass is 361 g/mol. The molecule has 0 bridgehead atoms. The van der Waals surface area contributed by atoms with Crippen molar-refractivity contribution in [3.05, 3.63) is 28.7 Å². The zero-order chi connectivity index (χ0) is 15.3. The minimum absolute atomic E-state index is 0.277. The molecular formula is C15H24BrNO4. The van der Waals surface area contributed by atoms with Gasteiger partial charge in [0.2, 0.25) is 0 Å². The molecule has 0 spiro atoms. The van der Waals surface area contributed by atoms with E-state index in [1.165, 1.54) is 0 Å². The first-order chi connectivity index (χ1) is 10.2.